The fourth-order valence-electron chi connectivity index (χ4n) is 2.45. The number of nitrogens with two attached hydrogens (primary N) is 1. The second-order valence-corrected chi connectivity index (χ2v) is 4.66. The van der Waals surface area contributed by atoms with Crippen molar-refractivity contribution in [2.24, 2.45) is 0 Å². The molecule has 0 aliphatic carbocycles. The van der Waals surface area contributed by atoms with E-state index in [1.54, 1.807) is 0 Å². The molecule has 0 atom stereocenters. The van der Waals surface area contributed by atoms with Crippen LogP contribution in [0.25, 0.3) is 33.1 Å². The molecule has 0 fully saturated rings. The van der Waals surface area contributed by atoms with E-state index in [-0.39, 0.29) is 0 Å². The van der Waals surface area contributed by atoms with Gasteiger partial charge in [-0.15, -0.1) is 0 Å². The maximum absolute atomic E-state index is 5.86. The molecule has 0 saturated carbocycles. The van der Waals surface area contributed by atoms with Gasteiger partial charge in [-0.3, -0.25) is 5.10 Å². The van der Waals surface area contributed by atoms with E-state index in [4.69, 9.17) is 5.73 Å². The van der Waals surface area contributed by atoms with Crippen LogP contribution in [0.15, 0.2) is 48.7 Å². The molecule has 2 aromatic heterocycles. The summed E-state index contributed by atoms with van der Waals surface area (Å²) in [7, 11) is 0. The molecule has 2 aromatic carbocycles. The fourth-order valence-corrected chi connectivity index (χ4v) is 2.45. The molecule has 0 aliphatic rings. The highest BCUT2D eigenvalue weighted by Crippen LogP contribution is 2.29. The first-order valence-corrected chi connectivity index (χ1v) is 6.12. The van der Waals surface area contributed by atoms with Gasteiger partial charge in [0.1, 0.15) is 0 Å². The van der Waals surface area contributed by atoms with Crippen LogP contribution in [0.2, 0.25) is 0 Å². The molecular weight excluding hydrogens is 236 g/mol. The number of H-pyrrole nitrogens is 2. The lowest BCUT2D eigenvalue weighted by molar-refractivity contribution is 1.12. The van der Waals surface area contributed by atoms with Gasteiger partial charge in [0.05, 0.1) is 11.2 Å². The van der Waals surface area contributed by atoms with Crippen LogP contribution in [0.5, 0.6) is 0 Å². The van der Waals surface area contributed by atoms with Crippen molar-refractivity contribution in [3.05, 3.63) is 48.7 Å². The Labute approximate surface area is 109 Å². The monoisotopic (exact) mass is 248 g/mol. The Kier molecular flexibility index (Phi) is 1.94. The maximum Gasteiger partial charge on any atom is 0.1000 e. The zero-order valence-electron chi connectivity index (χ0n) is 10.1. The second-order valence-electron chi connectivity index (χ2n) is 4.66. The van der Waals surface area contributed by atoms with Gasteiger partial charge < -0.3 is 10.7 Å². The van der Waals surface area contributed by atoms with E-state index < -0.39 is 0 Å². The Balaban J connectivity index is 2.00. The van der Waals surface area contributed by atoms with Gasteiger partial charge in [0.25, 0.3) is 0 Å². The lowest BCUT2D eigenvalue weighted by Gasteiger charge is -1.99. The molecule has 4 heteroatoms. The highest BCUT2D eigenvalue weighted by Gasteiger charge is 2.09. The molecular formula is C15H12N4. The predicted molar refractivity (Wildman–Crippen MR) is 77.8 cm³/mol. The summed E-state index contributed by atoms with van der Waals surface area (Å²) in [5, 5.41) is 9.68. The molecule has 19 heavy (non-hydrogen) atoms. The summed E-state index contributed by atoms with van der Waals surface area (Å²) in [4.78, 5) is 3.19. The van der Waals surface area contributed by atoms with Crippen molar-refractivity contribution in [3.63, 3.8) is 0 Å². The summed E-state index contributed by atoms with van der Waals surface area (Å²) in [6.45, 7) is 0. The Morgan fingerprint density at radius 3 is 2.79 bits per heavy atom. The number of nitrogens with zero attached hydrogens (tertiary/aromatic N) is 1. The molecule has 2 heterocycles. The van der Waals surface area contributed by atoms with Crippen molar-refractivity contribution in [2.75, 3.05) is 5.73 Å². The van der Waals surface area contributed by atoms with Crippen LogP contribution in [0.3, 0.4) is 0 Å². The molecule has 0 amide bonds. The standard InChI is InChI=1S/C15H12N4/c16-11-2-4-14-12(8-11)15(19-18-14)10-1-3-13-9(7-10)5-6-17-13/h1-8,17H,16H2,(H,18,19). The summed E-state index contributed by atoms with van der Waals surface area (Å²) in [6.07, 6.45) is 1.94. The van der Waals surface area contributed by atoms with E-state index in [0.29, 0.717) is 0 Å². The van der Waals surface area contributed by atoms with Crippen molar-refractivity contribution < 1.29 is 0 Å². The van der Waals surface area contributed by atoms with Crippen LogP contribution in [0, 0.1) is 0 Å². The van der Waals surface area contributed by atoms with Crippen molar-refractivity contribution >= 4 is 27.5 Å². The number of aromatic amines is 2. The highest BCUT2D eigenvalue weighted by atomic mass is 15.1. The number of fused-ring (bicyclic) bond motifs is 2. The van der Waals surface area contributed by atoms with E-state index in [9.17, 15) is 0 Å². The van der Waals surface area contributed by atoms with Crippen molar-refractivity contribution in [2.45, 2.75) is 0 Å². The number of rotatable bonds is 1. The smallest absolute Gasteiger partial charge is 0.1000 e. The molecule has 0 bridgehead atoms. The van der Waals surface area contributed by atoms with Gasteiger partial charge >= 0.3 is 0 Å². The lowest BCUT2D eigenvalue weighted by Crippen LogP contribution is -1.83. The zero-order chi connectivity index (χ0) is 12.8. The highest BCUT2D eigenvalue weighted by molar-refractivity contribution is 5.96. The van der Waals surface area contributed by atoms with Crippen LogP contribution in [-0.2, 0) is 0 Å². The van der Waals surface area contributed by atoms with Crippen LogP contribution >= 0.6 is 0 Å². The van der Waals surface area contributed by atoms with E-state index in [0.717, 1.165) is 33.4 Å². The molecule has 0 unspecified atom stereocenters. The molecule has 4 nitrogen and oxygen atoms in total. The Hall–Kier alpha value is -2.75. The average molecular weight is 248 g/mol. The van der Waals surface area contributed by atoms with Gasteiger partial charge in [-0.25, -0.2) is 0 Å². The minimum atomic E-state index is 0.748. The van der Waals surface area contributed by atoms with Crippen LogP contribution in [0.4, 0.5) is 5.69 Å². The Morgan fingerprint density at radius 2 is 1.84 bits per heavy atom. The lowest BCUT2D eigenvalue weighted by atomic mass is 10.1. The molecule has 0 spiro atoms. The van der Waals surface area contributed by atoms with Gasteiger partial charge in [-0.1, -0.05) is 6.07 Å². The predicted octanol–water partition coefficient (Wildman–Crippen LogP) is 3.29. The molecule has 0 aliphatic heterocycles. The first-order chi connectivity index (χ1) is 9.31. The minimum Gasteiger partial charge on any atom is -0.399 e. The number of benzene rings is 2. The van der Waals surface area contributed by atoms with E-state index in [1.165, 1.54) is 5.39 Å². The van der Waals surface area contributed by atoms with Gasteiger partial charge in [-0.05, 0) is 36.4 Å². The summed E-state index contributed by atoms with van der Waals surface area (Å²) < 4.78 is 0. The summed E-state index contributed by atoms with van der Waals surface area (Å²) in [5.41, 5.74) is 10.8. The third-order valence-electron chi connectivity index (χ3n) is 3.41. The van der Waals surface area contributed by atoms with E-state index >= 15 is 0 Å². The van der Waals surface area contributed by atoms with Crippen molar-refractivity contribution in [1.82, 2.24) is 15.2 Å². The molecule has 0 saturated heterocycles. The number of hydrogen-bond donors (Lipinski definition) is 3. The second kappa shape index (κ2) is 3.62. The van der Waals surface area contributed by atoms with Crippen molar-refractivity contribution in [3.8, 4) is 11.3 Å². The maximum atomic E-state index is 5.86. The van der Waals surface area contributed by atoms with E-state index in [2.05, 4.69) is 39.4 Å². The van der Waals surface area contributed by atoms with Gasteiger partial charge in [0, 0.05) is 33.7 Å². The summed E-state index contributed by atoms with van der Waals surface area (Å²) in [5.74, 6) is 0. The molecule has 0 radical (unpaired) electrons. The number of aromatic nitrogens is 3. The van der Waals surface area contributed by atoms with Crippen molar-refractivity contribution in [1.29, 1.82) is 0 Å². The third kappa shape index (κ3) is 1.50. The number of hydrogen-bond acceptors (Lipinski definition) is 2. The fraction of sp³-hybridized carbons (Fsp3) is 0. The zero-order valence-corrected chi connectivity index (χ0v) is 10.1. The van der Waals surface area contributed by atoms with Gasteiger partial charge in [0.15, 0.2) is 0 Å². The third-order valence-corrected chi connectivity index (χ3v) is 3.41. The van der Waals surface area contributed by atoms with Crippen LogP contribution < -0.4 is 5.73 Å². The molecule has 4 N–H and O–H groups in total. The Bertz CT molecular complexity index is 885. The average Bonchev–Trinajstić information content (AvgIpc) is 3.03. The number of nitrogen functional groups attached to an aromatic ring is 1. The SMILES string of the molecule is Nc1ccc2[nH]nc(-c3ccc4[nH]ccc4c3)c2c1. The molecule has 4 aromatic rings. The van der Waals surface area contributed by atoms with Crippen LogP contribution in [-0.4, -0.2) is 15.2 Å². The Morgan fingerprint density at radius 1 is 0.947 bits per heavy atom. The van der Waals surface area contributed by atoms with Gasteiger partial charge in [0.2, 0.25) is 0 Å². The van der Waals surface area contributed by atoms with Crippen LogP contribution in [0.1, 0.15) is 0 Å². The number of nitrogens with one attached hydrogen (secondary N) is 2. The largest absolute Gasteiger partial charge is 0.399 e. The number of anilines is 1. The quantitative estimate of drug-likeness (QED) is 0.452. The topological polar surface area (TPSA) is 70.5 Å². The first-order valence-electron chi connectivity index (χ1n) is 6.12. The van der Waals surface area contributed by atoms with E-state index in [1.807, 2.05) is 24.4 Å². The molecule has 92 valence electrons. The first kappa shape index (κ1) is 10.2. The minimum absolute atomic E-state index is 0.748. The molecule has 4 rings (SSSR count). The van der Waals surface area contributed by atoms with Gasteiger partial charge in [-0.2, -0.15) is 5.10 Å². The normalized spacial score (nSPS) is 11.4. The summed E-state index contributed by atoms with van der Waals surface area (Å²) >= 11 is 0. The summed E-state index contributed by atoms with van der Waals surface area (Å²) in [6, 6.07) is 14.1.